The number of nitrogens with one attached hydrogen (secondary N) is 1. The zero-order chi connectivity index (χ0) is 25.8. The summed E-state index contributed by atoms with van der Waals surface area (Å²) in [6.07, 6.45) is 2.87. The van der Waals surface area contributed by atoms with Crippen molar-refractivity contribution in [3.63, 3.8) is 0 Å². The Kier molecular flexibility index (Phi) is 5.70. The molecule has 3 aromatic carbocycles. The van der Waals surface area contributed by atoms with Crippen LogP contribution in [0, 0.1) is 17.8 Å². The molecule has 4 fully saturated rings. The second-order valence-electron chi connectivity index (χ2n) is 11.1. The van der Waals surface area contributed by atoms with Gasteiger partial charge in [-0.2, -0.15) is 0 Å². The summed E-state index contributed by atoms with van der Waals surface area (Å²) < 4.78 is 42.7. The lowest BCUT2D eigenvalue weighted by Crippen LogP contribution is -2.48. The fourth-order valence-corrected chi connectivity index (χ4v) is 7.50. The second-order valence-corrected chi connectivity index (χ2v) is 11.1. The normalized spacial score (nSPS) is 26.2. The molecule has 37 heavy (non-hydrogen) atoms. The Balaban J connectivity index is 1.25. The fourth-order valence-electron chi connectivity index (χ4n) is 7.50. The lowest BCUT2D eigenvalue weighted by atomic mass is 9.48. The molecule has 4 aliphatic carbocycles. The molecular weight excluding hydrogens is 477 g/mol. The molecule has 7 heteroatoms. The van der Waals surface area contributed by atoms with Gasteiger partial charge in [0, 0.05) is 17.1 Å². The molecule has 4 aliphatic rings. The maximum Gasteiger partial charge on any atom is 0.489 e. The number of anilines is 4. The first-order valence-corrected chi connectivity index (χ1v) is 12.9. The Bertz CT molecular complexity index is 1270. The van der Waals surface area contributed by atoms with Crippen molar-refractivity contribution >= 4 is 28.7 Å². The molecular formula is C30H29F3N2O2. The molecule has 0 amide bonds. The van der Waals surface area contributed by atoms with Gasteiger partial charge in [-0.1, -0.05) is 24.3 Å². The Labute approximate surface area is 214 Å². The van der Waals surface area contributed by atoms with Crippen LogP contribution in [-0.4, -0.2) is 17.4 Å². The second kappa shape index (κ2) is 8.82. The van der Waals surface area contributed by atoms with Crippen LogP contribution in [0.2, 0.25) is 0 Å². The standard InChI is InChI=1S/C30H29F3N2O2/c31-30(32,33)35(25-11-7-23(8-12-25)34-27-4-2-1-3-26(27)28(36)37)24-9-5-22(6-10-24)29-16-19-13-20(17-29)15-21(14-19)18-29/h1-12,19-21,34H,13-18H2,(H,36,37). The van der Waals surface area contributed by atoms with Crippen LogP contribution in [0.5, 0.6) is 0 Å². The lowest BCUT2D eigenvalue weighted by molar-refractivity contribution is -0.120. The van der Waals surface area contributed by atoms with Gasteiger partial charge in [-0.25, -0.2) is 4.79 Å². The number of rotatable bonds is 6. The van der Waals surface area contributed by atoms with Gasteiger partial charge in [-0.05, 0) is 116 Å². The maximum atomic E-state index is 14.2. The van der Waals surface area contributed by atoms with Crippen molar-refractivity contribution in [1.82, 2.24) is 0 Å². The Hall–Kier alpha value is -3.48. The molecule has 7 rings (SSSR count). The van der Waals surface area contributed by atoms with Gasteiger partial charge in [0.1, 0.15) is 0 Å². The molecule has 3 aromatic rings. The molecule has 4 bridgehead atoms. The van der Waals surface area contributed by atoms with Gasteiger partial charge < -0.3 is 10.4 Å². The average Bonchev–Trinajstić information content (AvgIpc) is 2.84. The Morgan fingerprint density at radius 3 is 1.84 bits per heavy atom. The summed E-state index contributed by atoms with van der Waals surface area (Å²) in [6.45, 7) is 0. The molecule has 0 aromatic heterocycles. The number of halogens is 3. The van der Waals surface area contributed by atoms with Crippen molar-refractivity contribution in [2.75, 3.05) is 10.2 Å². The van der Waals surface area contributed by atoms with Crippen molar-refractivity contribution < 1.29 is 23.1 Å². The highest BCUT2D eigenvalue weighted by Gasteiger charge is 2.51. The third-order valence-electron chi connectivity index (χ3n) is 8.59. The Morgan fingerprint density at radius 2 is 1.32 bits per heavy atom. The molecule has 0 heterocycles. The van der Waals surface area contributed by atoms with Gasteiger partial charge in [0.15, 0.2) is 0 Å². The maximum absolute atomic E-state index is 14.2. The molecule has 0 spiro atoms. The quantitative estimate of drug-likeness (QED) is 0.331. The summed E-state index contributed by atoms with van der Waals surface area (Å²) in [5.41, 5.74) is 2.35. The molecule has 4 nitrogen and oxygen atoms in total. The van der Waals surface area contributed by atoms with Crippen LogP contribution in [0.1, 0.15) is 54.4 Å². The molecule has 0 radical (unpaired) electrons. The number of alkyl halides is 3. The van der Waals surface area contributed by atoms with Crippen molar-refractivity contribution in [2.24, 2.45) is 17.8 Å². The monoisotopic (exact) mass is 506 g/mol. The van der Waals surface area contributed by atoms with Crippen molar-refractivity contribution in [1.29, 1.82) is 0 Å². The molecule has 2 N–H and O–H groups in total. The van der Waals surface area contributed by atoms with E-state index < -0.39 is 12.3 Å². The number of benzene rings is 3. The highest BCUT2D eigenvalue weighted by atomic mass is 19.4. The van der Waals surface area contributed by atoms with Crippen LogP contribution < -0.4 is 10.2 Å². The third kappa shape index (κ3) is 4.45. The number of hydrogen-bond acceptors (Lipinski definition) is 3. The molecule has 192 valence electrons. The van der Waals surface area contributed by atoms with Gasteiger partial charge in [-0.3, -0.25) is 4.90 Å². The number of carboxylic acids is 1. The predicted molar refractivity (Wildman–Crippen MR) is 138 cm³/mol. The van der Waals surface area contributed by atoms with Gasteiger partial charge in [0.05, 0.1) is 11.3 Å². The highest BCUT2D eigenvalue weighted by Crippen LogP contribution is 2.60. The van der Waals surface area contributed by atoms with E-state index in [1.54, 1.807) is 30.3 Å². The van der Waals surface area contributed by atoms with Gasteiger partial charge in [-0.15, -0.1) is 13.2 Å². The minimum Gasteiger partial charge on any atom is -0.478 e. The summed E-state index contributed by atoms with van der Waals surface area (Å²) in [5.74, 6) is 1.23. The van der Waals surface area contributed by atoms with E-state index in [0.717, 1.165) is 17.8 Å². The van der Waals surface area contributed by atoms with Gasteiger partial charge >= 0.3 is 12.3 Å². The fraction of sp³-hybridized carbons (Fsp3) is 0.367. The zero-order valence-electron chi connectivity index (χ0n) is 20.3. The molecule has 0 atom stereocenters. The first-order valence-electron chi connectivity index (χ1n) is 12.9. The SMILES string of the molecule is O=C(O)c1ccccc1Nc1ccc(N(c2ccc(C34CC5CC(CC(C5)C3)C4)cc2)C(F)(F)F)cc1. The van der Waals surface area contributed by atoms with Crippen LogP contribution in [-0.2, 0) is 5.41 Å². The minimum atomic E-state index is -4.60. The highest BCUT2D eigenvalue weighted by molar-refractivity contribution is 5.95. The number of carbonyl (C=O) groups is 1. The van der Waals surface area contributed by atoms with E-state index in [1.807, 2.05) is 12.1 Å². The zero-order valence-corrected chi connectivity index (χ0v) is 20.3. The van der Waals surface area contributed by atoms with E-state index in [2.05, 4.69) is 5.32 Å². The van der Waals surface area contributed by atoms with E-state index >= 15 is 0 Å². The van der Waals surface area contributed by atoms with Crippen LogP contribution in [0.15, 0.2) is 72.8 Å². The van der Waals surface area contributed by atoms with E-state index in [0.29, 0.717) is 16.3 Å². The topological polar surface area (TPSA) is 52.6 Å². The largest absolute Gasteiger partial charge is 0.489 e. The number of aromatic carboxylic acids is 1. The number of nitrogens with zero attached hydrogens (tertiary/aromatic N) is 1. The molecule has 0 saturated heterocycles. The van der Waals surface area contributed by atoms with Crippen LogP contribution in [0.3, 0.4) is 0 Å². The van der Waals surface area contributed by atoms with Crippen LogP contribution in [0.25, 0.3) is 0 Å². The van der Waals surface area contributed by atoms with Crippen LogP contribution >= 0.6 is 0 Å². The van der Waals surface area contributed by atoms with Crippen LogP contribution in [0.4, 0.5) is 35.9 Å². The summed E-state index contributed by atoms with van der Waals surface area (Å²) in [5, 5.41) is 12.4. The summed E-state index contributed by atoms with van der Waals surface area (Å²) >= 11 is 0. The summed E-state index contributed by atoms with van der Waals surface area (Å²) in [7, 11) is 0. The molecule has 0 unspecified atom stereocenters. The summed E-state index contributed by atoms with van der Waals surface area (Å²) in [6, 6.07) is 19.3. The lowest BCUT2D eigenvalue weighted by Gasteiger charge is -2.57. The number of hydrogen-bond donors (Lipinski definition) is 2. The minimum absolute atomic E-state index is 0.00729. The van der Waals surface area contributed by atoms with E-state index in [1.165, 1.54) is 74.4 Å². The van der Waals surface area contributed by atoms with Gasteiger partial charge in [0.2, 0.25) is 0 Å². The third-order valence-corrected chi connectivity index (χ3v) is 8.59. The van der Waals surface area contributed by atoms with E-state index in [-0.39, 0.29) is 22.4 Å². The van der Waals surface area contributed by atoms with Gasteiger partial charge in [0.25, 0.3) is 0 Å². The first-order chi connectivity index (χ1) is 17.7. The van der Waals surface area contributed by atoms with Crippen molar-refractivity contribution in [2.45, 2.75) is 50.2 Å². The molecule has 0 aliphatic heterocycles. The first kappa shape index (κ1) is 23.9. The number of para-hydroxylation sites is 1. The number of carboxylic acid groups (broad SMARTS) is 1. The van der Waals surface area contributed by atoms with E-state index in [4.69, 9.17) is 0 Å². The predicted octanol–water partition coefficient (Wildman–Crippen LogP) is 8.25. The van der Waals surface area contributed by atoms with E-state index in [9.17, 15) is 23.1 Å². The molecule has 4 saturated carbocycles. The smallest absolute Gasteiger partial charge is 0.478 e. The van der Waals surface area contributed by atoms with Crippen molar-refractivity contribution in [3.05, 3.63) is 83.9 Å². The average molecular weight is 507 g/mol. The summed E-state index contributed by atoms with van der Waals surface area (Å²) in [4.78, 5) is 11.8. The Morgan fingerprint density at radius 1 is 0.811 bits per heavy atom. The van der Waals surface area contributed by atoms with Crippen molar-refractivity contribution in [3.8, 4) is 0 Å².